The first kappa shape index (κ1) is 81.9. The van der Waals surface area contributed by atoms with Crippen molar-refractivity contribution in [2.75, 3.05) is 73.4 Å². The van der Waals surface area contributed by atoms with Crippen molar-refractivity contribution in [1.82, 2.24) is 46.2 Å². The molecule has 25 nitrogen and oxygen atoms in total. The Morgan fingerprint density at radius 2 is 1.28 bits per heavy atom. The van der Waals surface area contributed by atoms with E-state index in [1.54, 1.807) is 61.9 Å². The van der Waals surface area contributed by atoms with E-state index >= 15 is 0 Å². The molecule has 2 aliphatic heterocycles. The number of likely N-dealkylation sites (N-methyl/N-ethyl adjacent to an activating group) is 2. The van der Waals surface area contributed by atoms with Crippen LogP contribution in [0.25, 0.3) is 0 Å². The number of nitrogens with two attached hydrogens (primary N) is 2. The number of benzene rings is 2. The van der Waals surface area contributed by atoms with Crippen molar-refractivity contribution in [3.63, 3.8) is 0 Å². The van der Waals surface area contributed by atoms with Crippen LogP contribution in [0.5, 0.6) is 5.75 Å². The molecule has 2 aliphatic rings. The number of halogens is 5. The van der Waals surface area contributed by atoms with Crippen LogP contribution in [0.1, 0.15) is 132 Å². The molecular formula is C67H103F5N12O13. The summed E-state index contributed by atoms with van der Waals surface area (Å²) in [5, 5.41) is 16.6. The molecule has 544 valence electrons. The number of carbonyl (C=O) groups excluding carboxylic acids is 10. The van der Waals surface area contributed by atoms with Crippen molar-refractivity contribution in [1.29, 1.82) is 0 Å². The molecule has 0 spiro atoms. The fourth-order valence-electron chi connectivity index (χ4n) is 12.6. The Morgan fingerprint density at radius 3 is 1.80 bits per heavy atom. The Morgan fingerprint density at radius 1 is 0.680 bits per heavy atom. The second-order valence-electron chi connectivity index (χ2n) is 26.6. The predicted octanol–water partition coefficient (Wildman–Crippen LogP) is 4.65. The first-order valence-electron chi connectivity index (χ1n) is 33.3. The van der Waals surface area contributed by atoms with E-state index < -0.39 is 143 Å². The van der Waals surface area contributed by atoms with E-state index in [-0.39, 0.29) is 119 Å². The molecule has 2 saturated heterocycles. The van der Waals surface area contributed by atoms with E-state index in [1.807, 2.05) is 60.5 Å². The predicted molar refractivity (Wildman–Crippen MR) is 351 cm³/mol. The highest BCUT2D eigenvalue weighted by Gasteiger charge is 2.44. The van der Waals surface area contributed by atoms with E-state index in [0.717, 1.165) is 5.56 Å². The third-order valence-corrected chi connectivity index (χ3v) is 18.3. The van der Waals surface area contributed by atoms with Crippen LogP contribution >= 0.6 is 0 Å². The number of primary amides is 1. The number of esters is 1. The average Bonchev–Trinajstić information content (AvgIpc) is 1.55. The van der Waals surface area contributed by atoms with Gasteiger partial charge in [-0.05, 0) is 100 Å². The normalized spacial score (nSPS) is 17.5. The number of urea groups is 1. The Bertz CT molecular complexity index is 2990. The van der Waals surface area contributed by atoms with Gasteiger partial charge in [0.1, 0.15) is 18.1 Å². The fraction of sp³-hybridized carbons (Fsp3) is 0.672. The zero-order chi connectivity index (χ0) is 72.9. The Labute approximate surface area is 565 Å². The van der Waals surface area contributed by atoms with Gasteiger partial charge < -0.3 is 72.3 Å². The number of likely N-dealkylation sites (tertiary alicyclic amines) is 2. The number of hydrogen-bond donors (Lipinski definition) is 8. The molecular weight excluding hydrogens is 1280 g/mol. The number of nitrogens with zero attached hydrogens (tertiary/aromatic N) is 4. The minimum absolute atomic E-state index is 0.0120. The zero-order valence-electron chi connectivity index (χ0n) is 58.4. The molecule has 0 aromatic heterocycles. The smallest absolute Gasteiger partial charge is 0.314 e. The molecule has 2 aromatic carbocycles. The number of anilines is 1. The first-order chi connectivity index (χ1) is 45.6. The number of amides is 10. The molecule has 0 bridgehead atoms. The van der Waals surface area contributed by atoms with Gasteiger partial charge in [0.2, 0.25) is 82.1 Å². The summed E-state index contributed by atoms with van der Waals surface area (Å²) in [5.41, 5.74) is 12.6. The molecule has 4 rings (SSSR count). The van der Waals surface area contributed by atoms with Crippen molar-refractivity contribution in [2.24, 2.45) is 47.0 Å². The summed E-state index contributed by atoms with van der Waals surface area (Å²) in [4.78, 5) is 141. The van der Waals surface area contributed by atoms with Gasteiger partial charge in [-0.1, -0.05) is 80.9 Å². The lowest BCUT2D eigenvalue weighted by molar-refractivity contribution is -0.148. The van der Waals surface area contributed by atoms with Gasteiger partial charge in [0.25, 0.3) is 0 Å². The van der Waals surface area contributed by atoms with E-state index in [4.69, 9.17) is 20.9 Å². The highest BCUT2D eigenvalue weighted by molar-refractivity contribution is 5.99. The number of hydrogen-bond acceptors (Lipinski definition) is 15. The molecule has 10 amide bonds. The molecule has 97 heavy (non-hydrogen) atoms. The van der Waals surface area contributed by atoms with Crippen molar-refractivity contribution < 1.29 is 84.1 Å². The minimum atomic E-state index is -2.42. The van der Waals surface area contributed by atoms with E-state index in [9.17, 15) is 69.9 Å². The first-order valence-corrected chi connectivity index (χ1v) is 33.3. The van der Waals surface area contributed by atoms with Gasteiger partial charge in [0, 0.05) is 78.6 Å². The highest BCUT2D eigenvalue weighted by atomic mass is 19.2. The minimum Gasteiger partial charge on any atom is -0.420 e. The summed E-state index contributed by atoms with van der Waals surface area (Å²) < 4.78 is 85.8. The van der Waals surface area contributed by atoms with Gasteiger partial charge in [-0.25, -0.2) is 18.0 Å². The topological polar surface area (TPSA) is 336 Å². The Hall–Kier alpha value is -7.57. The van der Waals surface area contributed by atoms with E-state index in [2.05, 4.69) is 36.6 Å². The van der Waals surface area contributed by atoms with Crippen molar-refractivity contribution in [3.05, 3.63) is 58.9 Å². The van der Waals surface area contributed by atoms with Crippen LogP contribution in [0.15, 0.2) is 24.3 Å². The van der Waals surface area contributed by atoms with Gasteiger partial charge in [0.15, 0.2) is 0 Å². The second kappa shape index (κ2) is 38.5. The standard InChI is InChI=1S/C67H103F5N12O13/c1-15-38(8)58(82(12)65(92)56(36(4)5)80-64(91)57(37(6)7)81(10)11)46(95-13)33-49(87)84-29-17-19-45(84)59(96-14)39(9)61(88)77-43(34-73)32-40-20-22-42(23-21-40)76-62(89)44(18-16-28-75-67(74)94)78-63(90)55(35(2)3)79-47(85)24-25-48(86)83-30-26-41(27-31-83)66(93)97-60-53(71)51(69)50(68)52(70)54(60)72/h20-23,35-39,41,43-46,55-59H,15-19,24-34,73H2,1-14H3,(H,76,89)(H,77,88)(H,78,90)(H,79,85)(H,80,91)(H3,74,75,94)/t38-,39+,43-,44-,45-,46+,55?,56-,57?,58?,59+/m0/s1. The third-order valence-electron chi connectivity index (χ3n) is 18.3. The number of piperidine rings is 1. The van der Waals surface area contributed by atoms with E-state index in [0.29, 0.717) is 31.5 Å². The van der Waals surface area contributed by atoms with Gasteiger partial charge in [-0.15, -0.1) is 0 Å². The van der Waals surface area contributed by atoms with Crippen LogP contribution < -0.4 is 48.1 Å². The Kier molecular flexibility index (Phi) is 32.5. The zero-order valence-corrected chi connectivity index (χ0v) is 58.4. The maximum Gasteiger partial charge on any atom is 0.314 e. The molecule has 2 fully saturated rings. The van der Waals surface area contributed by atoms with Crippen LogP contribution in [0.3, 0.4) is 0 Å². The maximum absolute atomic E-state index is 14.5. The number of methoxy groups -OCH3 is 2. The number of rotatable bonds is 36. The van der Waals surface area contributed by atoms with Crippen LogP contribution in [0, 0.1) is 64.6 Å². The fourth-order valence-corrected chi connectivity index (χ4v) is 12.6. The molecule has 2 aromatic rings. The summed E-state index contributed by atoms with van der Waals surface area (Å²) in [6, 6.07) is 0.650. The van der Waals surface area contributed by atoms with Crippen LogP contribution in [0.4, 0.5) is 32.4 Å². The quantitative estimate of drug-likeness (QED) is 0.0115. The molecule has 0 aliphatic carbocycles. The lowest BCUT2D eigenvalue weighted by Crippen LogP contribution is -2.59. The van der Waals surface area contributed by atoms with Crippen molar-refractivity contribution in [3.8, 4) is 5.75 Å². The molecule has 10 N–H and O–H groups in total. The molecule has 0 radical (unpaired) electrons. The molecule has 30 heteroatoms. The number of carbonyl (C=O) groups is 10. The average molecular weight is 1380 g/mol. The van der Waals surface area contributed by atoms with Crippen LogP contribution in [-0.2, 0) is 59.0 Å². The van der Waals surface area contributed by atoms with E-state index in [1.165, 1.54) is 19.1 Å². The SMILES string of the molecule is CC[C@H](C)C([C@@H](CC(=O)N1CCC[C@H]1[C@H](OC)[C@@H](C)C(=O)N[C@H](CN)Cc1ccc(NC(=O)[C@H](CCCNC(N)=O)NC(=O)C(NC(=O)CCC(=O)N2CCC(C(=O)Oc3c(F)c(F)c(F)c(F)c3F)CC2)C(C)C)cc1)OC)N(C)C(=O)[C@@H](NC(=O)C(C(C)C)N(C)C)C(C)C. The summed E-state index contributed by atoms with van der Waals surface area (Å²) in [6.07, 6.45) is -0.00696. The number of ether oxygens (including phenoxy) is 3. The highest BCUT2D eigenvalue weighted by Crippen LogP contribution is 2.33. The third kappa shape index (κ3) is 22.7. The van der Waals surface area contributed by atoms with Gasteiger partial charge >= 0.3 is 12.0 Å². The van der Waals surface area contributed by atoms with Crippen molar-refractivity contribution >= 4 is 64.9 Å². The lowest BCUT2D eigenvalue weighted by Gasteiger charge is -2.41. The summed E-state index contributed by atoms with van der Waals surface area (Å²) in [7, 11) is 8.35. The second-order valence-corrected chi connectivity index (χ2v) is 26.6. The summed E-state index contributed by atoms with van der Waals surface area (Å²) in [5.74, 6) is -21.0. The molecule has 3 unspecified atom stereocenters. The molecule has 11 atom stereocenters. The number of nitrogens with one attached hydrogen (secondary N) is 6. The Balaban J connectivity index is 1.36. The van der Waals surface area contributed by atoms with Gasteiger partial charge in [-0.2, -0.15) is 8.78 Å². The monoisotopic (exact) mass is 1380 g/mol. The molecule has 0 saturated carbocycles. The van der Waals surface area contributed by atoms with Crippen LogP contribution in [0.2, 0.25) is 0 Å². The maximum atomic E-state index is 14.5. The largest absolute Gasteiger partial charge is 0.420 e. The lowest BCUT2D eigenvalue weighted by atomic mass is 9.89. The molecule has 2 heterocycles. The van der Waals surface area contributed by atoms with Crippen LogP contribution in [-0.4, -0.2) is 201 Å². The summed E-state index contributed by atoms with van der Waals surface area (Å²) >= 11 is 0. The van der Waals surface area contributed by atoms with Gasteiger partial charge in [0.05, 0.1) is 48.6 Å². The van der Waals surface area contributed by atoms with Gasteiger partial charge in [-0.3, -0.25) is 48.1 Å². The van der Waals surface area contributed by atoms with Crippen molar-refractivity contribution in [2.45, 2.75) is 187 Å². The summed E-state index contributed by atoms with van der Waals surface area (Å²) in [6.45, 7) is 17.1.